The van der Waals surface area contributed by atoms with Crippen LogP contribution >= 0.6 is 0 Å². The highest BCUT2D eigenvalue weighted by Crippen LogP contribution is 2.69. The van der Waals surface area contributed by atoms with Gasteiger partial charge in [-0.3, -0.25) is 0 Å². The number of hydrogen-bond acceptors (Lipinski definition) is 3. The highest BCUT2D eigenvalue weighted by molar-refractivity contribution is 5.13. The molecule has 6 heteroatoms. The van der Waals surface area contributed by atoms with Crippen LogP contribution in [0.3, 0.4) is 0 Å². The normalized spacial score (nSPS) is 53.7. The predicted molar refractivity (Wildman–Crippen MR) is 104 cm³/mol. The maximum Gasteiger partial charge on any atom is 0.417 e. The molecule has 4 aliphatic rings. The molecule has 29 heavy (non-hydrogen) atoms. The van der Waals surface area contributed by atoms with Gasteiger partial charge in [0.25, 0.3) is 0 Å². The Balaban J connectivity index is 1.62. The van der Waals surface area contributed by atoms with Gasteiger partial charge in [-0.15, -0.1) is 0 Å². The molecule has 0 heterocycles. The first kappa shape index (κ1) is 21.9. The van der Waals surface area contributed by atoms with Gasteiger partial charge in [-0.05, 0) is 97.7 Å². The lowest BCUT2D eigenvalue weighted by Gasteiger charge is -2.63. The first-order chi connectivity index (χ1) is 13.4. The molecule has 0 bridgehead atoms. The summed E-state index contributed by atoms with van der Waals surface area (Å²) in [5.74, 6) is 1.21. The molecule has 1 unspecified atom stereocenters. The van der Waals surface area contributed by atoms with Crippen molar-refractivity contribution in [3.05, 3.63) is 0 Å². The Bertz CT molecular complexity index is 639. The van der Waals surface area contributed by atoms with E-state index in [-0.39, 0.29) is 48.0 Å². The highest BCUT2D eigenvalue weighted by Gasteiger charge is 2.67. The van der Waals surface area contributed by atoms with Crippen molar-refractivity contribution in [1.82, 2.24) is 0 Å². The van der Waals surface area contributed by atoms with Gasteiger partial charge in [0.15, 0.2) is 5.60 Å². The van der Waals surface area contributed by atoms with Crippen molar-refractivity contribution < 1.29 is 28.5 Å². The summed E-state index contributed by atoms with van der Waals surface area (Å²) in [4.78, 5) is 0. The van der Waals surface area contributed by atoms with Crippen molar-refractivity contribution >= 4 is 0 Å². The fourth-order valence-electron chi connectivity index (χ4n) is 8.73. The van der Waals surface area contributed by atoms with Crippen molar-refractivity contribution in [1.29, 1.82) is 0 Å². The van der Waals surface area contributed by atoms with E-state index in [2.05, 4.69) is 20.8 Å². The number of fused-ring (bicyclic) bond motifs is 5. The second-order valence-electron chi connectivity index (χ2n) is 11.4. The molecular weight excluding hydrogens is 381 g/mol. The summed E-state index contributed by atoms with van der Waals surface area (Å²) in [5, 5.41) is 31.4. The van der Waals surface area contributed by atoms with Gasteiger partial charge in [0.1, 0.15) is 0 Å². The summed E-state index contributed by atoms with van der Waals surface area (Å²) in [7, 11) is 0. The number of rotatable bonds is 2. The maximum absolute atomic E-state index is 13.5. The van der Waals surface area contributed by atoms with E-state index in [1.54, 1.807) is 0 Å². The molecule has 0 saturated heterocycles. The molecule has 0 aromatic rings. The minimum absolute atomic E-state index is 0.00665. The zero-order valence-electron chi connectivity index (χ0n) is 17.9. The van der Waals surface area contributed by atoms with Crippen molar-refractivity contribution in [2.75, 3.05) is 6.61 Å². The molecule has 0 amide bonds. The third-order valence-corrected chi connectivity index (χ3v) is 10.2. The summed E-state index contributed by atoms with van der Waals surface area (Å²) < 4.78 is 40.4. The first-order valence-electron chi connectivity index (χ1n) is 11.5. The number of hydrogen-bond donors (Lipinski definition) is 3. The molecule has 3 N–H and O–H groups in total. The van der Waals surface area contributed by atoms with E-state index >= 15 is 0 Å². The summed E-state index contributed by atoms with van der Waals surface area (Å²) >= 11 is 0. The molecule has 4 saturated carbocycles. The van der Waals surface area contributed by atoms with Crippen LogP contribution in [0.4, 0.5) is 13.2 Å². The average molecular weight is 419 g/mol. The van der Waals surface area contributed by atoms with Gasteiger partial charge in [0, 0.05) is 6.61 Å². The smallest absolute Gasteiger partial charge is 0.396 e. The van der Waals surface area contributed by atoms with E-state index in [1.807, 2.05) is 0 Å². The third kappa shape index (κ3) is 3.02. The predicted octanol–water partition coefficient (Wildman–Crippen LogP) is 4.54. The van der Waals surface area contributed by atoms with Crippen LogP contribution in [0, 0.1) is 46.3 Å². The molecule has 4 rings (SSSR count). The Morgan fingerprint density at radius 2 is 1.69 bits per heavy atom. The zero-order chi connectivity index (χ0) is 21.4. The largest absolute Gasteiger partial charge is 0.417 e. The van der Waals surface area contributed by atoms with E-state index in [0.29, 0.717) is 37.0 Å². The molecule has 0 radical (unpaired) electrons. The fraction of sp³-hybridized carbons (Fsp3) is 1.00. The summed E-state index contributed by atoms with van der Waals surface area (Å²) in [5.41, 5.74) is -2.93. The van der Waals surface area contributed by atoms with Crippen LogP contribution in [0.25, 0.3) is 0 Å². The molecular formula is C23H37F3O3. The third-order valence-electron chi connectivity index (χ3n) is 10.2. The van der Waals surface area contributed by atoms with Gasteiger partial charge in [0.2, 0.25) is 0 Å². The monoisotopic (exact) mass is 418 g/mol. The lowest BCUT2D eigenvalue weighted by Crippen LogP contribution is -2.62. The van der Waals surface area contributed by atoms with Crippen LogP contribution in [-0.2, 0) is 0 Å². The second-order valence-corrected chi connectivity index (χ2v) is 11.4. The second kappa shape index (κ2) is 6.83. The molecule has 3 nitrogen and oxygen atoms in total. The van der Waals surface area contributed by atoms with Crippen LogP contribution in [0.1, 0.15) is 72.1 Å². The first-order valence-corrected chi connectivity index (χ1v) is 11.5. The highest BCUT2D eigenvalue weighted by atomic mass is 19.4. The topological polar surface area (TPSA) is 60.7 Å². The van der Waals surface area contributed by atoms with E-state index in [1.165, 1.54) is 0 Å². The quantitative estimate of drug-likeness (QED) is 0.617. The van der Waals surface area contributed by atoms with E-state index in [0.717, 1.165) is 19.3 Å². The summed E-state index contributed by atoms with van der Waals surface area (Å²) in [6.07, 6.45) is -0.886. The maximum atomic E-state index is 13.5. The van der Waals surface area contributed by atoms with Gasteiger partial charge < -0.3 is 15.3 Å². The molecule has 168 valence electrons. The Hall–Kier alpha value is -0.330. The van der Waals surface area contributed by atoms with Crippen molar-refractivity contribution in [3.63, 3.8) is 0 Å². The van der Waals surface area contributed by atoms with Crippen molar-refractivity contribution in [3.8, 4) is 0 Å². The van der Waals surface area contributed by atoms with Gasteiger partial charge in [0.05, 0.1) is 6.10 Å². The number of aliphatic hydroxyl groups excluding tert-OH is 2. The SMILES string of the molecule is C[C@H](CO)[C@H]1CC[C@H]2[C@@H]3CC[C@@H]4C[C@](O)(C(F)(F)F)CC[C@]4(C)[C@H]3C(O)C[C@]12C. The molecule has 0 spiro atoms. The Labute approximate surface area is 172 Å². The fourth-order valence-corrected chi connectivity index (χ4v) is 8.73. The summed E-state index contributed by atoms with van der Waals surface area (Å²) in [6, 6.07) is 0. The Morgan fingerprint density at radius 3 is 2.31 bits per heavy atom. The van der Waals surface area contributed by atoms with Gasteiger partial charge in [-0.2, -0.15) is 13.2 Å². The standard InChI is InChI=1S/C23H37F3O3/c1-13(12-27)16-6-7-17-15-5-4-14-10-22(29,23(24,25)26)9-8-20(14,2)19(15)18(28)11-21(16,17)3/h13-19,27-29H,4-12H2,1-3H3/t13-,14-,15+,16-,17+,18?,19-,20+,21-,22+/m1/s1. The Kier molecular flexibility index (Phi) is 5.16. The van der Waals surface area contributed by atoms with Crippen molar-refractivity contribution in [2.45, 2.75) is 90.0 Å². The molecule has 4 fully saturated rings. The van der Waals surface area contributed by atoms with Gasteiger partial charge >= 0.3 is 6.18 Å². The lowest BCUT2D eigenvalue weighted by molar-refractivity contribution is -0.293. The molecule has 10 atom stereocenters. The lowest BCUT2D eigenvalue weighted by atomic mass is 9.43. The molecule has 0 aliphatic heterocycles. The van der Waals surface area contributed by atoms with E-state index in [4.69, 9.17) is 0 Å². The minimum Gasteiger partial charge on any atom is -0.396 e. The van der Waals surface area contributed by atoms with E-state index < -0.39 is 17.9 Å². The number of aliphatic hydroxyl groups is 3. The van der Waals surface area contributed by atoms with Crippen LogP contribution in [0.5, 0.6) is 0 Å². The molecule has 4 aliphatic carbocycles. The average Bonchev–Trinajstić information content (AvgIpc) is 2.97. The van der Waals surface area contributed by atoms with Gasteiger partial charge in [-0.25, -0.2) is 0 Å². The Morgan fingerprint density at radius 1 is 1.00 bits per heavy atom. The van der Waals surface area contributed by atoms with Crippen molar-refractivity contribution in [2.24, 2.45) is 46.3 Å². The minimum atomic E-state index is -4.59. The zero-order valence-corrected chi connectivity index (χ0v) is 17.9. The number of halogens is 3. The summed E-state index contributed by atoms with van der Waals surface area (Å²) in [6.45, 7) is 6.61. The van der Waals surface area contributed by atoms with Crippen LogP contribution < -0.4 is 0 Å². The van der Waals surface area contributed by atoms with Gasteiger partial charge in [-0.1, -0.05) is 20.8 Å². The number of alkyl halides is 3. The van der Waals surface area contributed by atoms with Crippen LogP contribution in [-0.4, -0.2) is 39.8 Å². The van der Waals surface area contributed by atoms with Crippen LogP contribution in [0.15, 0.2) is 0 Å². The molecule has 0 aromatic carbocycles. The van der Waals surface area contributed by atoms with E-state index in [9.17, 15) is 28.5 Å². The van der Waals surface area contributed by atoms with Crippen LogP contribution in [0.2, 0.25) is 0 Å². The molecule has 0 aromatic heterocycles.